The Labute approximate surface area is 99.4 Å². The maximum Gasteiger partial charge on any atom is 0.0960 e. The molecule has 16 heavy (non-hydrogen) atoms. The van der Waals surface area contributed by atoms with Crippen LogP contribution in [-0.2, 0) is 4.74 Å². The van der Waals surface area contributed by atoms with Crippen molar-refractivity contribution in [2.75, 3.05) is 0 Å². The summed E-state index contributed by atoms with van der Waals surface area (Å²) >= 11 is 0. The van der Waals surface area contributed by atoms with E-state index in [-0.39, 0.29) is 5.60 Å². The van der Waals surface area contributed by atoms with E-state index in [1.54, 1.807) is 0 Å². The lowest BCUT2D eigenvalue weighted by atomic mass is 9.76. The van der Waals surface area contributed by atoms with Crippen LogP contribution < -0.4 is 0 Å². The van der Waals surface area contributed by atoms with Crippen molar-refractivity contribution in [2.24, 2.45) is 5.92 Å². The van der Waals surface area contributed by atoms with Gasteiger partial charge in [0.05, 0.1) is 16.8 Å². The van der Waals surface area contributed by atoms with Crippen LogP contribution >= 0.6 is 0 Å². The molecule has 2 fully saturated rings. The molecule has 0 spiro atoms. The predicted molar refractivity (Wildman–Crippen MR) is 65.4 cm³/mol. The summed E-state index contributed by atoms with van der Waals surface area (Å²) in [5.41, 5.74) is -1.22. The molecule has 1 unspecified atom stereocenters. The molecule has 1 heterocycles. The normalized spacial score (nSPS) is 38.1. The van der Waals surface area contributed by atoms with Gasteiger partial charge >= 0.3 is 0 Å². The Morgan fingerprint density at radius 2 is 1.69 bits per heavy atom. The van der Waals surface area contributed by atoms with Crippen molar-refractivity contribution in [3.63, 3.8) is 0 Å². The Balaban J connectivity index is 2.10. The van der Waals surface area contributed by atoms with E-state index >= 15 is 0 Å². The molecular formula is C14H26O2. The summed E-state index contributed by atoms with van der Waals surface area (Å²) in [5, 5.41) is 10.9. The highest BCUT2D eigenvalue weighted by Crippen LogP contribution is 2.49. The molecule has 0 radical (unpaired) electrons. The van der Waals surface area contributed by atoms with Crippen LogP contribution in [0.25, 0.3) is 0 Å². The van der Waals surface area contributed by atoms with Gasteiger partial charge in [-0.05, 0) is 40.0 Å². The van der Waals surface area contributed by atoms with Gasteiger partial charge in [0.15, 0.2) is 0 Å². The summed E-state index contributed by atoms with van der Waals surface area (Å²) in [6.07, 6.45) is 6.95. The lowest BCUT2D eigenvalue weighted by Crippen LogP contribution is -2.47. The summed E-state index contributed by atoms with van der Waals surface area (Å²) in [7, 11) is 0. The first-order valence-corrected chi connectivity index (χ1v) is 6.67. The molecule has 0 aromatic heterocycles. The minimum absolute atomic E-state index is 0.184. The van der Waals surface area contributed by atoms with Crippen LogP contribution in [0.15, 0.2) is 0 Å². The molecule has 0 amide bonds. The van der Waals surface area contributed by atoms with Gasteiger partial charge < -0.3 is 9.84 Å². The molecule has 1 N–H and O–H groups in total. The Morgan fingerprint density at radius 3 is 2.12 bits per heavy atom. The summed E-state index contributed by atoms with van der Waals surface area (Å²) in [4.78, 5) is 0. The second kappa shape index (κ2) is 3.71. The van der Waals surface area contributed by atoms with Crippen LogP contribution in [0.5, 0.6) is 0 Å². The van der Waals surface area contributed by atoms with Gasteiger partial charge in [0.2, 0.25) is 0 Å². The highest BCUT2D eigenvalue weighted by Gasteiger charge is 2.56. The molecule has 2 rings (SSSR count). The Kier molecular flexibility index (Phi) is 2.87. The lowest BCUT2D eigenvalue weighted by molar-refractivity contribution is -0.132. The van der Waals surface area contributed by atoms with Crippen LogP contribution in [-0.4, -0.2) is 21.9 Å². The average molecular weight is 226 g/mol. The van der Waals surface area contributed by atoms with Crippen molar-refractivity contribution in [3.8, 4) is 0 Å². The first-order valence-electron chi connectivity index (χ1n) is 6.67. The van der Waals surface area contributed by atoms with Crippen molar-refractivity contribution >= 4 is 0 Å². The van der Waals surface area contributed by atoms with E-state index in [1.807, 2.05) is 13.8 Å². The van der Waals surface area contributed by atoms with Gasteiger partial charge in [-0.25, -0.2) is 0 Å². The predicted octanol–water partition coefficient (Wildman–Crippen LogP) is 3.28. The molecule has 2 nitrogen and oxygen atoms in total. The molecule has 1 aliphatic carbocycles. The van der Waals surface area contributed by atoms with E-state index in [9.17, 15) is 5.11 Å². The number of aliphatic hydroxyl groups is 1. The second-order valence-corrected chi connectivity index (χ2v) is 6.94. The summed E-state index contributed by atoms with van der Waals surface area (Å²) < 4.78 is 6.01. The lowest BCUT2D eigenvalue weighted by Gasteiger charge is -2.37. The molecule has 2 aliphatic rings. The fourth-order valence-corrected chi connectivity index (χ4v) is 3.75. The maximum atomic E-state index is 10.9. The van der Waals surface area contributed by atoms with Crippen LogP contribution in [0.3, 0.4) is 0 Å². The summed E-state index contributed by atoms with van der Waals surface area (Å²) in [6.45, 7) is 8.25. The zero-order valence-electron chi connectivity index (χ0n) is 11.2. The van der Waals surface area contributed by atoms with Crippen molar-refractivity contribution in [1.82, 2.24) is 0 Å². The SMILES string of the molecule is CC1(C)CC(O)(CC2CCCC2)C(C)(C)O1. The van der Waals surface area contributed by atoms with E-state index < -0.39 is 11.2 Å². The van der Waals surface area contributed by atoms with Gasteiger partial charge in [-0.1, -0.05) is 25.7 Å². The van der Waals surface area contributed by atoms with E-state index in [0.29, 0.717) is 5.92 Å². The first-order chi connectivity index (χ1) is 7.24. The smallest absolute Gasteiger partial charge is 0.0960 e. The largest absolute Gasteiger partial charge is 0.387 e. The molecule has 2 heteroatoms. The number of rotatable bonds is 2. The quantitative estimate of drug-likeness (QED) is 0.783. The molecule has 1 saturated carbocycles. The highest BCUT2D eigenvalue weighted by molar-refractivity contribution is 5.07. The van der Waals surface area contributed by atoms with Crippen LogP contribution in [0.4, 0.5) is 0 Å². The van der Waals surface area contributed by atoms with E-state index in [2.05, 4.69) is 13.8 Å². The second-order valence-electron chi connectivity index (χ2n) is 6.94. The standard InChI is InChI=1S/C14H26O2/c1-12(2)10-14(15,13(3,4)16-12)9-11-7-5-6-8-11/h11,15H,5-10H2,1-4H3. The van der Waals surface area contributed by atoms with Crippen molar-refractivity contribution < 1.29 is 9.84 Å². The van der Waals surface area contributed by atoms with Gasteiger partial charge in [-0.15, -0.1) is 0 Å². The summed E-state index contributed by atoms with van der Waals surface area (Å²) in [5.74, 6) is 0.710. The van der Waals surface area contributed by atoms with Crippen LogP contribution in [0.1, 0.15) is 66.2 Å². The minimum Gasteiger partial charge on any atom is -0.387 e. The van der Waals surface area contributed by atoms with Gasteiger partial charge in [-0.3, -0.25) is 0 Å². The Bertz CT molecular complexity index is 264. The monoisotopic (exact) mass is 226 g/mol. The minimum atomic E-state index is -0.633. The van der Waals surface area contributed by atoms with Gasteiger partial charge in [0.25, 0.3) is 0 Å². The van der Waals surface area contributed by atoms with E-state index in [1.165, 1.54) is 25.7 Å². The number of ether oxygens (including phenoxy) is 1. The van der Waals surface area contributed by atoms with Crippen LogP contribution in [0.2, 0.25) is 0 Å². The fourth-order valence-electron chi connectivity index (χ4n) is 3.75. The Hall–Kier alpha value is -0.0800. The van der Waals surface area contributed by atoms with Gasteiger partial charge in [0, 0.05) is 6.42 Å². The number of hydrogen-bond donors (Lipinski definition) is 1. The van der Waals surface area contributed by atoms with Crippen LogP contribution in [0, 0.1) is 5.92 Å². The zero-order chi connectivity index (χ0) is 12.0. The maximum absolute atomic E-state index is 10.9. The summed E-state index contributed by atoms with van der Waals surface area (Å²) in [6, 6.07) is 0. The Morgan fingerprint density at radius 1 is 1.12 bits per heavy atom. The molecule has 0 bridgehead atoms. The number of hydrogen-bond acceptors (Lipinski definition) is 2. The third-order valence-corrected chi connectivity index (χ3v) is 4.47. The zero-order valence-corrected chi connectivity index (χ0v) is 11.2. The fraction of sp³-hybridized carbons (Fsp3) is 1.00. The molecule has 94 valence electrons. The first kappa shape index (κ1) is 12.4. The highest BCUT2D eigenvalue weighted by atomic mass is 16.5. The molecule has 1 saturated heterocycles. The molecule has 1 atom stereocenters. The van der Waals surface area contributed by atoms with Crippen molar-refractivity contribution in [3.05, 3.63) is 0 Å². The van der Waals surface area contributed by atoms with E-state index in [4.69, 9.17) is 4.74 Å². The van der Waals surface area contributed by atoms with Crippen molar-refractivity contribution in [2.45, 2.75) is 83.0 Å². The molecule has 1 aliphatic heterocycles. The topological polar surface area (TPSA) is 29.5 Å². The average Bonchev–Trinajstić information content (AvgIpc) is 2.56. The van der Waals surface area contributed by atoms with Gasteiger partial charge in [-0.2, -0.15) is 0 Å². The molecule has 0 aromatic carbocycles. The van der Waals surface area contributed by atoms with E-state index in [0.717, 1.165) is 12.8 Å². The third-order valence-electron chi connectivity index (χ3n) is 4.47. The van der Waals surface area contributed by atoms with Gasteiger partial charge in [0.1, 0.15) is 0 Å². The van der Waals surface area contributed by atoms with Crippen molar-refractivity contribution in [1.29, 1.82) is 0 Å². The third kappa shape index (κ3) is 2.14. The molecular weight excluding hydrogens is 200 g/mol. The molecule has 0 aromatic rings.